The van der Waals surface area contributed by atoms with Crippen LogP contribution in [0.2, 0.25) is 0 Å². The lowest BCUT2D eigenvalue weighted by Gasteiger charge is -2.16. The lowest BCUT2D eigenvalue weighted by atomic mass is 10.1. The number of rotatable bonds is 5. The number of amides is 1. The summed E-state index contributed by atoms with van der Waals surface area (Å²) in [6.45, 7) is -0.298. The number of benzene rings is 1. The Balaban J connectivity index is 1.97. The smallest absolute Gasteiger partial charge is 0.390 e. The lowest BCUT2D eigenvalue weighted by molar-refractivity contribution is 0.0595. The number of anilines is 1. The molecule has 4 N–H and O–H groups in total. The minimum absolute atomic E-state index is 0.133. The number of fused-ring (bicyclic) bond motifs is 1. The third-order valence-corrected chi connectivity index (χ3v) is 7.17. The van der Waals surface area contributed by atoms with Gasteiger partial charge in [0.05, 0.1) is 12.3 Å². The van der Waals surface area contributed by atoms with E-state index in [2.05, 4.69) is 26.2 Å². The van der Waals surface area contributed by atoms with Gasteiger partial charge in [0.15, 0.2) is 0 Å². The molecule has 0 aliphatic rings. The van der Waals surface area contributed by atoms with Crippen LogP contribution in [0.4, 0.5) is 14.6 Å². The van der Waals surface area contributed by atoms with Gasteiger partial charge >= 0.3 is 13.3 Å². The van der Waals surface area contributed by atoms with Crippen LogP contribution < -0.4 is 5.32 Å². The molecule has 1 amide bonds. The van der Waals surface area contributed by atoms with E-state index in [0.717, 1.165) is 0 Å². The van der Waals surface area contributed by atoms with Gasteiger partial charge < -0.3 is 20.2 Å². The number of alkyl halides is 2. The van der Waals surface area contributed by atoms with E-state index in [9.17, 15) is 18.1 Å². The standard InChI is InChI=1S/C16H12BrF2N2O5PS/c17-13-10-6-8(15(23)21-12-3-1-2-9(7-22)20-12)4-5-11(10)28-14(13)16(18,19)27(24,25)26/h1-6,22H,7H2,(H,20,21,23)(H2,24,25,26). The maximum atomic E-state index is 14.1. The molecule has 2 aromatic heterocycles. The number of nitrogens with zero attached hydrogens (tertiary/aromatic N) is 1. The molecule has 0 aliphatic heterocycles. The Kier molecular flexibility index (Phi) is 5.68. The highest BCUT2D eigenvalue weighted by molar-refractivity contribution is 9.10. The number of aliphatic hydroxyl groups excluding tert-OH is 1. The number of hydrogen-bond donors (Lipinski definition) is 4. The van der Waals surface area contributed by atoms with Crippen molar-refractivity contribution in [2.24, 2.45) is 0 Å². The van der Waals surface area contributed by atoms with E-state index in [-0.39, 0.29) is 27.8 Å². The SMILES string of the molecule is O=C(Nc1cccc(CO)n1)c1ccc2sc(C(F)(F)P(=O)(O)O)c(Br)c2c1. The van der Waals surface area contributed by atoms with Gasteiger partial charge in [0.1, 0.15) is 10.7 Å². The minimum Gasteiger partial charge on any atom is -0.390 e. The summed E-state index contributed by atoms with van der Waals surface area (Å²) in [7, 11) is -5.72. The van der Waals surface area contributed by atoms with Gasteiger partial charge in [-0.3, -0.25) is 9.36 Å². The zero-order valence-electron chi connectivity index (χ0n) is 13.8. The molecule has 148 valence electrons. The van der Waals surface area contributed by atoms with Gasteiger partial charge in [0.2, 0.25) is 0 Å². The number of thiophene rings is 1. The summed E-state index contributed by atoms with van der Waals surface area (Å²) in [5, 5.41) is 11.8. The van der Waals surface area contributed by atoms with E-state index in [1.165, 1.54) is 24.3 Å². The van der Waals surface area contributed by atoms with Crippen LogP contribution in [0.1, 0.15) is 20.9 Å². The zero-order valence-corrected chi connectivity index (χ0v) is 17.1. The van der Waals surface area contributed by atoms with Crippen LogP contribution in [-0.4, -0.2) is 25.8 Å². The molecule has 2 heterocycles. The molecule has 0 atom stereocenters. The summed E-state index contributed by atoms with van der Waals surface area (Å²) in [6.07, 6.45) is 0. The highest BCUT2D eigenvalue weighted by Gasteiger charge is 2.53. The van der Waals surface area contributed by atoms with Crippen molar-refractivity contribution in [1.29, 1.82) is 0 Å². The van der Waals surface area contributed by atoms with Gasteiger partial charge in [0.25, 0.3) is 5.91 Å². The molecule has 0 aliphatic carbocycles. The highest BCUT2D eigenvalue weighted by atomic mass is 79.9. The molecule has 0 radical (unpaired) electrons. The summed E-state index contributed by atoms with van der Waals surface area (Å²) < 4.78 is 39.5. The summed E-state index contributed by atoms with van der Waals surface area (Å²) in [4.78, 5) is 33.6. The average molecular weight is 493 g/mol. The van der Waals surface area contributed by atoms with Crippen molar-refractivity contribution >= 4 is 56.7 Å². The Bertz CT molecular complexity index is 1120. The second kappa shape index (κ2) is 7.58. The summed E-state index contributed by atoms with van der Waals surface area (Å²) in [6, 6.07) is 8.84. The normalized spacial score (nSPS) is 12.4. The van der Waals surface area contributed by atoms with Crippen LogP contribution in [0.3, 0.4) is 0 Å². The van der Waals surface area contributed by atoms with Gasteiger partial charge in [-0.15, -0.1) is 11.3 Å². The van der Waals surface area contributed by atoms with Crippen LogP contribution >= 0.6 is 34.9 Å². The van der Waals surface area contributed by atoms with E-state index in [1.807, 2.05) is 0 Å². The number of aliphatic hydroxyl groups is 1. The summed E-state index contributed by atoms with van der Waals surface area (Å²) in [5.74, 6) is -0.361. The molecule has 12 heteroatoms. The molecule has 3 aromatic rings. The highest BCUT2D eigenvalue weighted by Crippen LogP contribution is 2.62. The van der Waals surface area contributed by atoms with Gasteiger partial charge in [-0.2, -0.15) is 8.78 Å². The molecule has 0 saturated carbocycles. The third-order valence-electron chi connectivity index (χ3n) is 3.74. The maximum Gasteiger partial charge on any atom is 0.400 e. The zero-order chi connectivity index (χ0) is 20.7. The summed E-state index contributed by atoms with van der Waals surface area (Å²) in [5.41, 5.74) is -3.86. The molecule has 0 unspecified atom stereocenters. The fourth-order valence-corrected chi connectivity index (χ4v) is 5.28. The molecule has 0 spiro atoms. The number of pyridine rings is 1. The van der Waals surface area contributed by atoms with Gasteiger partial charge in [-0.05, 0) is 46.3 Å². The summed E-state index contributed by atoms with van der Waals surface area (Å²) >= 11 is 3.49. The Morgan fingerprint density at radius 3 is 2.64 bits per heavy atom. The number of nitrogens with one attached hydrogen (secondary N) is 1. The van der Waals surface area contributed by atoms with E-state index < -0.39 is 24.0 Å². The van der Waals surface area contributed by atoms with Crippen molar-refractivity contribution in [2.45, 2.75) is 12.3 Å². The van der Waals surface area contributed by atoms with Crippen molar-refractivity contribution in [2.75, 3.05) is 5.32 Å². The van der Waals surface area contributed by atoms with Crippen molar-refractivity contribution in [3.8, 4) is 0 Å². The predicted octanol–water partition coefficient (Wildman–Crippen LogP) is 4.03. The fraction of sp³-hybridized carbons (Fsp3) is 0.125. The topological polar surface area (TPSA) is 120 Å². The monoisotopic (exact) mass is 492 g/mol. The van der Waals surface area contributed by atoms with Crippen molar-refractivity contribution in [1.82, 2.24) is 4.98 Å². The average Bonchev–Trinajstić information content (AvgIpc) is 2.97. The van der Waals surface area contributed by atoms with Crippen molar-refractivity contribution < 1.29 is 33.0 Å². The molecular formula is C16H12BrF2N2O5PS. The van der Waals surface area contributed by atoms with Crippen LogP contribution in [0.5, 0.6) is 0 Å². The number of carbonyl (C=O) groups excluding carboxylic acids is 1. The maximum absolute atomic E-state index is 14.1. The first-order chi connectivity index (χ1) is 13.0. The predicted molar refractivity (Wildman–Crippen MR) is 104 cm³/mol. The Labute approximate surface area is 169 Å². The second-order valence-electron chi connectivity index (χ2n) is 5.67. The van der Waals surface area contributed by atoms with E-state index in [0.29, 0.717) is 21.7 Å². The Hall–Kier alpha value is -1.75. The lowest BCUT2D eigenvalue weighted by Crippen LogP contribution is -2.13. The molecule has 7 nitrogen and oxygen atoms in total. The van der Waals surface area contributed by atoms with Crippen molar-refractivity contribution in [3.05, 3.63) is 57.0 Å². The number of carbonyl (C=O) groups is 1. The van der Waals surface area contributed by atoms with Crippen LogP contribution in [-0.2, 0) is 16.8 Å². The van der Waals surface area contributed by atoms with E-state index >= 15 is 0 Å². The second-order valence-corrected chi connectivity index (χ2v) is 9.16. The first-order valence-corrected chi connectivity index (χ1v) is 10.8. The van der Waals surface area contributed by atoms with E-state index in [4.69, 9.17) is 14.9 Å². The van der Waals surface area contributed by atoms with Crippen LogP contribution in [0, 0.1) is 0 Å². The molecule has 0 bridgehead atoms. The fourth-order valence-electron chi connectivity index (χ4n) is 2.36. The first-order valence-electron chi connectivity index (χ1n) is 7.58. The Morgan fingerprint density at radius 1 is 1.29 bits per heavy atom. The van der Waals surface area contributed by atoms with Gasteiger partial charge in [0, 0.05) is 20.1 Å². The molecule has 0 fully saturated rings. The van der Waals surface area contributed by atoms with Crippen molar-refractivity contribution in [3.63, 3.8) is 0 Å². The van der Waals surface area contributed by atoms with E-state index in [1.54, 1.807) is 12.1 Å². The first kappa shape index (κ1) is 21.0. The van der Waals surface area contributed by atoms with Crippen LogP contribution in [0.25, 0.3) is 10.1 Å². The number of aromatic nitrogens is 1. The molecule has 1 aromatic carbocycles. The third kappa shape index (κ3) is 3.86. The largest absolute Gasteiger partial charge is 0.400 e. The molecule has 0 saturated heterocycles. The number of hydrogen-bond acceptors (Lipinski definition) is 5. The quantitative estimate of drug-likeness (QED) is 0.399. The molecule has 3 rings (SSSR count). The van der Waals surface area contributed by atoms with Gasteiger partial charge in [-0.1, -0.05) is 6.07 Å². The van der Waals surface area contributed by atoms with Crippen LogP contribution in [0.15, 0.2) is 40.9 Å². The minimum atomic E-state index is -5.72. The molecular weight excluding hydrogens is 481 g/mol. The molecule has 28 heavy (non-hydrogen) atoms. The Morgan fingerprint density at radius 2 is 2.00 bits per heavy atom. The van der Waals surface area contributed by atoms with Gasteiger partial charge in [-0.25, -0.2) is 4.98 Å². The number of halogens is 3.